The van der Waals surface area contributed by atoms with Gasteiger partial charge >= 0.3 is 0 Å². The maximum Gasteiger partial charge on any atom is 0.257 e. The Kier molecular flexibility index (Phi) is 3.86. The summed E-state index contributed by atoms with van der Waals surface area (Å²) < 4.78 is 7.90. The van der Waals surface area contributed by atoms with Gasteiger partial charge in [0.1, 0.15) is 0 Å². The average Bonchev–Trinajstić information content (AvgIpc) is 3.40. The van der Waals surface area contributed by atoms with Crippen molar-refractivity contribution in [3.8, 4) is 11.1 Å². The lowest BCUT2D eigenvalue weighted by Crippen LogP contribution is -2.10. The molecule has 148 valence electrons. The molecule has 2 aromatic heterocycles. The van der Waals surface area contributed by atoms with Crippen LogP contribution >= 0.6 is 0 Å². The number of ether oxygens (including phenoxy) is 1. The Balaban J connectivity index is 1.50. The second-order valence-corrected chi connectivity index (χ2v) is 7.75. The highest BCUT2D eigenvalue weighted by Gasteiger charge is 2.23. The maximum atomic E-state index is 12.7. The smallest absolute Gasteiger partial charge is 0.257 e. The van der Waals surface area contributed by atoms with Gasteiger partial charge in [0.2, 0.25) is 0 Å². The molecule has 1 unspecified atom stereocenters. The van der Waals surface area contributed by atoms with Crippen LogP contribution in [0.5, 0.6) is 0 Å². The molecule has 1 fully saturated rings. The molecule has 2 N–H and O–H groups in total. The highest BCUT2D eigenvalue weighted by atomic mass is 16.5. The van der Waals surface area contributed by atoms with Crippen LogP contribution in [0.1, 0.15) is 22.8 Å². The lowest BCUT2D eigenvalue weighted by Gasteiger charge is -2.11. The van der Waals surface area contributed by atoms with Crippen LogP contribution in [0.3, 0.4) is 0 Å². The van der Waals surface area contributed by atoms with Gasteiger partial charge in [0.05, 0.1) is 47.0 Å². The summed E-state index contributed by atoms with van der Waals surface area (Å²) in [7, 11) is 0. The molecule has 6 heteroatoms. The van der Waals surface area contributed by atoms with E-state index in [1.165, 1.54) is 0 Å². The van der Waals surface area contributed by atoms with Crippen LogP contribution in [-0.4, -0.2) is 28.7 Å². The van der Waals surface area contributed by atoms with Gasteiger partial charge in [-0.2, -0.15) is 0 Å². The third-order valence-electron chi connectivity index (χ3n) is 5.96. The molecule has 6 rings (SSSR count). The number of carbonyl (C=O) groups excluding carboxylic acids is 1. The number of amides is 1. The number of fused-ring (bicyclic) bond motifs is 3. The molecule has 0 aliphatic carbocycles. The molecule has 2 aliphatic heterocycles. The van der Waals surface area contributed by atoms with Gasteiger partial charge < -0.3 is 19.9 Å². The van der Waals surface area contributed by atoms with Gasteiger partial charge in [0.15, 0.2) is 0 Å². The zero-order chi connectivity index (χ0) is 20.1. The zero-order valence-electron chi connectivity index (χ0n) is 16.3. The third kappa shape index (κ3) is 2.69. The molecular weight excluding hydrogens is 376 g/mol. The topological polar surface area (TPSA) is 68.2 Å². The van der Waals surface area contributed by atoms with Gasteiger partial charge in [-0.1, -0.05) is 18.2 Å². The SMILES string of the molecule is O=C1Nc2ccccc2Nc2cc(-c3cn(C4CCOC4)c4cnccc34)ccc21. The Bertz CT molecular complexity index is 1290. The van der Waals surface area contributed by atoms with Crippen molar-refractivity contribution in [1.82, 2.24) is 9.55 Å². The van der Waals surface area contributed by atoms with Crippen molar-refractivity contribution in [2.75, 3.05) is 23.8 Å². The van der Waals surface area contributed by atoms with Crippen molar-refractivity contribution in [2.45, 2.75) is 12.5 Å². The Labute approximate surface area is 173 Å². The number of anilines is 3. The largest absolute Gasteiger partial charge is 0.379 e. The molecule has 0 bridgehead atoms. The fourth-order valence-corrected chi connectivity index (χ4v) is 4.42. The van der Waals surface area contributed by atoms with Crippen molar-refractivity contribution in [1.29, 1.82) is 0 Å². The second-order valence-electron chi connectivity index (χ2n) is 7.75. The van der Waals surface area contributed by atoms with Crippen molar-refractivity contribution < 1.29 is 9.53 Å². The molecule has 1 amide bonds. The van der Waals surface area contributed by atoms with E-state index in [2.05, 4.69) is 38.5 Å². The Morgan fingerprint density at radius 1 is 1.00 bits per heavy atom. The lowest BCUT2D eigenvalue weighted by molar-refractivity contribution is 0.102. The molecule has 4 heterocycles. The number of benzene rings is 2. The molecule has 1 saturated heterocycles. The van der Waals surface area contributed by atoms with E-state index >= 15 is 0 Å². The van der Waals surface area contributed by atoms with E-state index in [0.29, 0.717) is 11.6 Å². The molecule has 0 radical (unpaired) electrons. The summed E-state index contributed by atoms with van der Waals surface area (Å²) in [5.41, 5.74) is 6.39. The van der Waals surface area contributed by atoms with Crippen LogP contribution in [0.15, 0.2) is 67.1 Å². The summed E-state index contributed by atoms with van der Waals surface area (Å²) in [4.78, 5) is 17.1. The first-order chi connectivity index (χ1) is 14.8. The molecule has 0 spiro atoms. The normalized spacial score (nSPS) is 17.7. The number of pyridine rings is 1. The number of hydrogen-bond acceptors (Lipinski definition) is 4. The van der Waals surface area contributed by atoms with Crippen LogP contribution < -0.4 is 10.6 Å². The first kappa shape index (κ1) is 17.2. The van der Waals surface area contributed by atoms with E-state index in [9.17, 15) is 4.79 Å². The Morgan fingerprint density at radius 3 is 2.70 bits per heavy atom. The van der Waals surface area contributed by atoms with Crippen molar-refractivity contribution >= 4 is 33.9 Å². The zero-order valence-corrected chi connectivity index (χ0v) is 16.3. The number of hydrogen-bond donors (Lipinski definition) is 2. The number of carbonyl (C=O) groups is 1. The molecule has 2 aromatic carbocycles. The van der Waals surface area contributed by atoms with Crippen molar-refractivity contribution in [2.24, 2.45) is 0 Å². The highest BCUT2D eigenvalue weighted by molar-refractivity contribution is 6.12. The van der Waals surface area contributed by atoms with Crippen LogP contribution in [-0.2, 0) is 4.74 Å². The minimum atomic E-state index is -0.108. The van der Waals surface area contributed by atoms with E-state index in [1.807, 2.05) is 48.8 Å². The Hall–Kier alpha value is -3.64. The predicted molar refractivity (Wildman–Crippen MR) is 117 cm³/mol. The molecule has 6 nitrogen and oxygen atoms in total. The first-order valence-electron chi connectivity index (χ1n) is 10.1. The molecule has 2 aliphatic rings. The second kappa shape index (κ2) is 6.71. The molecule has 0 saturated carbocycles. The van der Waals surface area contributed by atoms with Gasteiger partial charge in [0.25, 0.3) is 5.91 Å². The third-order valence-corrected chi connectivity index (χ3v) is 5.96. The number of para-hydroxylation sites is 2. The van der Waals surface area contributed by atoms with Crippen LogP contribution in [0.25, 0.3) is 22.0 Å². The van der Waals surface area contributed by atoms with E-state index in [1.54, 1.807) is 0 Å². The summed E-state index contributed by atoms with van der Waals surface area (Å²) in [5.74, 6) is -0.108. The fraction of sp³-hybridized carbons (Fsp3) is 0.167. The van der Waals surface area contributed by atoms with Gasteiger partial charge in [0, 0.05) is 30.0 Å². The Morgan fingerprint density at radius 2 is 1.87 bits per heavy atom. The predicted octanol–water partition coefficient (Wildman–Crippen LogP) is 4.97. The van der Waals surface area contributed by atoms with Gasteiger partial charge in [-0.15, -0.1) is 0 Å². The lowest BCUT2D eigenvalue weighted by atomic mass is 10.0. The van der Waals surface area contributed by atoms with Crippen molar-refractivity contribution in [3.05, 3.63) is 72.7 Å². The monoisotopic (exact) mass is 396 g/mol. The van der Waals surface area contributed by atoms with E-state index in [0.717, 1.165) is 58.7 Å². The average molecular weight is 396 g/mol. The fourth-order valence-electron chi connectivity index (χ4n) is 4.42. The van der Waals surface area contributed by atoms with Crippen molar-refractivity contribution in [3.63, 3.8) is 0 Å². The van der Waals surface area contributed by atoms with E-state index < -0.39 is 0 Å². The van der Waals surface area contributed by atoms with Crippen LogP contribution in [0, 0.1) is 0 Å². The number of nitrogens with one attached hydrogen (secondary N) is 2. The molecule has 4 aromatic rings. The minimum Gasteiger partial charge on any atom is -0.379 e. The highest BCUT2D eigenvalue weighted by Crippen LogP contribution is 2.38. The van der Waals surface area contributed by atoms with Crippen LogP contribution in [0.4, 0.5) is 17.1 Å². The standard InChI is InChI=1S/C24H20N4O2/c29-24-18-6-5-15(11-22(18)26-20-3-1-2-4-21(20)27-24)19-13-28(16-8-10-30-14-16)23-12-25-9-7-17(19)23/h1-7,9,11-13,16,26H,8,10,14H2,(H,27,29). The molecular formula is C24H20N4O2. The van der Waals surface area contributed by atoms with Gasteiger partial charge in [-0.25, -0.2) is 0 Å². The number of aromatic nitrogens is 2. The van der Waals surface area contributed by atoms with E-state index in [4.69, 9.17) is 4.74 Å². The summed E-state index contributed by atoms with van der Waals surface area (Å²) in [6, 6.07) is 16.1. The van der Waals surface area contributed by atoms with Gasteiger partial charge in [-0.3, -0.25) is 9.78 Å². The summed E-state index contributed by atoms with van der Waals surface area (Å²) in [6.45, 7) is 1.51. The van der Waals surface area contributed by atoms with Gasteiger partial charge in [-0.05, 0) is 42.3 Å². The molecule has 30 heavy (non-hydrogen) atoms. The van der Waals surface area contributed by atoms with Crippen LogP contribution in [0.2, 0.25) is 0 Å². The minimum absolute atomic E-state index is 0.108. The quantitative estimate of drug-likeness (QED) is 0.502. The maximum absolute atomic E-state index is 12.7. The number of nitrogens with zero attached hydrogens (tertiary/aromatic N) is 2. The number of rotatable bonds is 2. The summed E-state index contributed by atoms with van der Waals surface area (Å²) in [5, 5.41) is 7.56. The molecule has 1 atom stereocenters. The summed E-state index contributed by atoms with van der Waals surface area (Å²) in [6.07, 6.45) is 6.94. The first-order valence-corrected chi connectivity index (χ1v) is 10.1. The summed E-state index contributed by atoms with van der Waals surface area (Å²) >= 11 is 0. The van der Waals surface area contributed by atoms with E-state index in [-0.39, 0.29) is 5.91 Å².